The molecule has 0 N–H and O–H groups in total. The molecule has 0 aliphatic carbocycles. The predicted octanol–water partition coefficient (Wildman–Crippen LogP) is 3.17. The Morgan fingerprint density at radius 2 is 1.64 bits per heavy atom. The second kappa shape index (κ2) is 6.10. The lowest BCUT2D eigenvalue weighted by molar-refractivity contribution is 0.0780. The monoisotopic (exact) mass is 297 g/mol. The molecule has 1 atom stereocenters. The molecule has 3 rings (SSSR count). The van der Waals surface area contributed by atoms with E-state index in [0.29, 0.717) is 30.6 Å². The van der Waals surface area contributed by atoms with Gasteiger partial charge in [-0.05, 0) is 42.8 Å². The number of carbonyl (C=O) groups excluding carboxylic acids is 2. The zero-order valence-corrected chi connectivity index (χ0v) is 12.0. The van der Waals surface area contributed by atoms with Crippen LogP contribution in [0.1, 0.15) is 27.1 Å². The average Bonchev–Trinajstić information content (AvgIpc) is 3.05. The molecule has 4 heteroatoms. The van der Waals surface area contributed by atoms with Crippen molar-refractivity contribution in [1.82, 2.24) is 4.90 Å². The van der Waals surface area contributed by atoms with E-state index in [1.165, 1.54) is 24.3 Å². The van der Waals surface area contributed by atoms with Gasteiger partial charge < -0.3 is 4.90 Å². The molecule has 22 heavy (non-hydrogen) atoms. The Kier molecular flexibility index (Phi) is 4.00. The molecule has 0 saturated carbocycles. The van der Waals surface area contributed by atoms with Crippen molar-refractivity contribution in [3.8, 4) is 0 Å². The lowest BCUT2D eigenvalue weighted by Crippen LogP contribution is -2.29. The number of rotatable bonds is 3. The highest BCUT2D eigenvalue weighted by Gasteiger charge is 2.31. The summed E-state index contributed by atoms with van der Waals surface area (Å²) in [6, 6.07) is 14.6. The molecule has 2 aromatic rings. The number of hydrogen-bond donors (Lipinski definition) is 0. The van der Waals surface area contributed by atoms with Gasteiger partial charge in [-0.15, -0.1) is 0 Å². The van der Waals surface area contributed by atoms with Crippen LogP contribution in [0, 0.1) is 11.7 Å². The van der Waals surface area contributed by atoms with Crippen LogP contribution in [0.5, 0.6) is 0 Å². The Bertz CT molecular complexity index is 682. The first-order chi connectivity index (χ1) is 10.6. The van der Waals surface area contributed by atoms with Gasteiger partial charge in [0.25, 0.3) is 5.91 Å². The molecule has 0 radical (unpaired) electrons. The van der Waals surface area contributed by atoms with Crippen molar-refractivity contribution in [3.63, 3.8) is 0 Å². The van der Waals surface area contributed by atoms with E-state index < -0.39 is 0 Å². The molecule has 1 amide bonds. The minimum Gasteiger partial charge on any atom is -0.338 e. The molecule has 112 valence electrons. The number of nitrogens with zero attached hydrogens (tertiary/aromatic N) is 1. The third-order valence-corrected chi connectivity index (χ3v) is 4.00. The smallest absolute Gasteiger partial charge is 0.253 e. The van der Waals surface area contributed by atoms with Gasteiger partial charge in [0.05, 0.1) is 0 Å². The topological polar surface area (TPSA) is 37.4 Å². The highest BCUT2D eigenvalue weighted by atomic mass is 19.1. The maximum atomic E-state index is 12.9. The van der Waals surface area contributed by atoms with Gasteiger partial charge in [-0.1, -0.05) is 18.2 Å². The zero-order valence-electron chi connectivity index (χ0n) is 12.0. The Balaban J connectivity index is 1.68. The van der Waals surface area contributed by atoms with Crippen LogP contribution in [-0.4, -0.2) is 29.7 Å². The minimum absolute atomic E-state index is 0.0247. The fourth-order valence-electron chi connectivity index (χ4n) is 2.77. The van der Waals surface area contributed by atoms with E-state index in [1.54, 1.807) is 17.0 Å². The molecule has 1 fully saturated rings. The number of ketones is 1. The van der Waals surface area contributed by atoms with Crippen LogP contribution < -0.4 is 0 Å². The van der Waals surface area contributed by atoms with E-state index in [9.17, 15) is 14.0 Å². The fourth-order valence-corrected chi connectivity index (χ4v) is 2.77. The Morgan fingerprint density at radius 1 is 0.955 bits per heavy atom. The van der Waals surface area contributed by atoms with Crippen LogP contribution in [0.3, 0.4) is 0 Å². The second-order valence-electron chi connectivity index (χ2n) is 5.47. The average molecular weight is 297 g/mol. The van der Waals surface area contributed by atoms with E-state index >= 15 is 0 Å². The van der Waals surface area contributed by atoms with Gasteiger partial charge in [-0.25, -0.2) is 4.39 Å². The lowest BCUT2D eigenvalue weighted by atomic mass is 9.97. The summed E-state index contributed by atoms with van der Waals surface area (Å²) in [6.07, 6.45) is 0.648. The maximum Gasteiger partial charge on any atom is 0.253 e. The van der Waals surface area contributed by atoms with E-state index in [2.05, 4.69) is 0 Å². The number of Topliss-reactive ketones (excluding diaryl/α,β-unsaturated/α-hetero) is 1. The third kappa shape index (κ3) is 2.91. The van der Waals surface area contributed by atoms with E-state index in [0.717, 1.165) is 0 Å². The molecule has 1 unspecified atom stereocenters. The first-order valence-corrected chi connectivity index (χ1v) is 7.29. The van der Waals surface area contributed by atoms with Crippen LogP contribution >= 0.6 is 0 Å². The number of amides is 1. The zero-order chi connectivity index (χ0) is 15.5. The summed E-state index contributed by atoms with van der Waals surface area (Å²) in [5.74, 6) is -0.639. The van der Waals surface area contributed by atoms with Crippen molar-refractivity contribution in [2.45, 2.75) is 6.42 Å². The minimum atomic E-state index is -0.358. The summed E-state index contributed by atoms with van der Waals surface area (Å²) < 4.78 is 12.9. The highest BCUT2D eigenvalue weighted by molar-refractivity contribution is 5.99. The number of halogens is 1. The molecular weight excluding hydrogens is 281 g/mol. The van der Waals surface area contributed by atoms with Crippen molar-refractivity contribution in [1.29, 1.82) is 0 Å². The largest absolute Gasteiger partial charge is 0.338 e. The summed E-state index contributed by atoms with van der Waals surface area (Å²) in [6.45, 7) is 0.995. The van der Waals surface area contributed by atoms with E-state index in [4.69, 9.17) is 0 Å². The van der Waals surface area contributed by atoms with Crippen molar-refractivity contribution in [2.24, 2.45) is 5.92 Å². The summed E-state index contributed by atoms with van der Waals surface area (Å²) in [7, 11) is 0. The van der Waals surface area contributed by atoms with Crippen LogP contribution in [0.4, 0.5) is 4.39 Å². The van der Waals surface area contributed by atoms with Crippen LogP contribution in [-0.2, 0) is 0 Å². The van der Waals surface area contributed by atoms with Crippen molar-refractivity contribution in [3.05, 3.63) is 71.5 Å². The molecule has 1 aliphatic rings. The van der Waals surface area contributed by atoms with Crippen molar-refractivity contribution < 1.29 is 14.0 Å². The first kappa shape index (κ1) is 14.4. The molecule has 0 aromatic heterocycles. The van der Waals surface area contributed by atoms with Gasteiger partial charge >= 0.3 is 0 Å². The summed E-state index contributed by atoms with van der Waals surface area (Å²) in [5, 5.41) is 0. The Hall–Kier alpha value is -2.49. The summed E-state index contributed by atoms with van der Waals surface area (Å²) in [4.78, 5) is 26.5. The molecule has 0 bridgehead atoms. The molecular formula is C18H16FNO2. The lowest BCUT2D eigenvalue weighted by Gasteiger charge is -2.16. The molecule has 1 saturated heterocycles. The van der Waals surface area contributed by atoms with E-state index in [-0.39, 0.29) is 23.4 Å². The van der Waals surface area contributed by atoms with Gasteiger partial charge in [0.15, 0.2) is 5.78 Å². The molecule has 3 nitrogen and oxygen atoms in total. The van der Waals surface area contributed by atoms with Gasteiger partial charge in [0.2, 0.25) is 0 Å². The van der Waals surface area contributed by atoms with E-state index in [1.807, 2.05) is 18.2 Å². The summed E-state index contributed by atoms with van der Waals surface area (Å²) in [5.41, 5.74) is 1.14. The second-order valence-corrected chi connectivity index (χ2v) is 5.47. The molecule has 1 heterocycles. The third-order valence-electron chi connectivity index (χ3n) is 4.00. The quantitative estimate of drug-likeness (QED) is 0.816. The molecule has 1 aliphatic heterocycles. The van der Waals surface area contributed by atoms with Crippen molar-refractivity contribution in [2.75, 3.05) is 13.1 Å². The fraction of sp³-hybridized carbons (Fsp3) is 0.222. The van der Waals surface area contributed by atoms with Crippen LogP contribution in [0.15, 0.2) is 54.6 Å². The van der Waals surface area contributed by atoms with Gasteiger partial charge in [0, 0.05) is 30.1 Å². The van der Waals surface area contributed by atoms with Crippen molar-refractivity contribution >= 4 is 11.7 Å². The van der Waals surface area contributed by atoms with Gasteiger partial charge in [-0.3, -0.25) is 9.59 Å². The van der Waals surface area contributed by atoms with Crippen LogP contribution in [0.25, 0.3) is 0 Å². The first-order valence-electron chi connectivity index (χ1n) is 7.29. The van der Waals surface area contributed by atoms with Crippen LogP contribution in [0.2, 0.25) is 0 Å². The normalized spacial score (nSPS) is 17.5. The summed E-state index contributed by atoms with van der Waals surface area (Å²) >= 11 is 0. The molecule has 0 spiro atoms. The Labute approximate surface area is 128 Å². The number of hydrogen-bond acceptors (Lipinski definition) is 2. The highest BCUT2D eigenvalue weighted by Crippen LogP contribution is 2.22. The standard InChI is InChI=1S/C18H16FNO2/c19-16-8-6-13(7-9-16)17(21)15-10-11-20(12-15)18(22)14-4-2-1-3-5-14/h1-9,15H,10-12H2. The number of carbonyl (C=O) groups is 2. The predicted molar refractivity (Wildman–Crippen MR) is 81.2 cm³/mol. The maximum absolute atomic E-state index is 12.9. The van der Waals surface area contributed by atoms with Gasteiger partial charge in [-0.2, -0.15) is 0 Å². The molecule has 2 aromatic carbocycles. The SMILES string of the molecule is O=C(c1ccc(F)cc1)C1CCN(C(=O)c2ccccc2)C1. The Morgan fingerprint density at radius 3 is 2.32 bits per heavy atom. The number of likely N-dealkylation sites (tertiary alicyclic amines) is 1. The van der Waals surface area contributed by atoms with Gasteiger partial charge in [0.1, 0.15) is 5.82 Å². The number of benzene rings is 2.